The van der Waals surface area contributed by atoms with Gasteiger partial charge < -0.3 is 10.3 Å². The summed E-state index contributed by atoms with van der Waals surface area (Å²) in [5.74, 6) is 0.723. The van der Waals surface area contributed by atoms with Crippen molar-refractivity contribution >= 4 is 0 Å². The third-order valence-electron chi connectivity index (χ3n) is 3.36. The van der Waals surface area contributed by atoms with Crippen LogP contribution in [-0.4, -0.2) is 9.55 Å². The number of imidazole rings is 1. The van der Waals surface area contributed by atoms with Gasteiger partial charge in [0, 0.05) is 30.4 Å². The fraction of sp³-hybridized carbons (Fsp3) is 0.357. The molecule has 1 aromatic carbocycles. The quantitative estimate of drug-likeness (QED) is 0.872. The maximum atomic E-state index is 6.23. The van der Waals surface area contributed by atoms with Crippen LogP contribution in [0.25, 0.3) is 0 Å². The zero-order chi connectivity index (χ0) is 11.7. The van der Waals surface area contributed by atoms with Gasteiger partial charge in [0.05, 0.1) is 6.33 Å². The maximum absolute atomic E-state index is 6.23. The minimum atomic E-state index is 0.0444. The molecule has 1 heterocycles. The Balaban J connectivity index is 1.76. The topological polar surface area (TPSA) is 43.8 Å². The van der Waals surface area contributed by atoms with E-state index >= 15 is 0 Å². The number of rotatable bonds is 4. The van der Waals surface area contributed by atoms with E-state index in [1.165, 1.54) is 24.1 Å². The average Bonchev–Trinajstić information content (AvgIpc) is 3.11. The number of aromatic nitrogens is 2. The van der Waals surface area contributed by atoms with E-state index in [0.717, 1.165) is 12.5 Å². The monoisotopic (exact) mass is 227 g/mol. The first-order valence-electron chi connectivity index (χ1n) is 6.15. The largest absolute Gasteiger partial charge is 0.332 e. The standard InChI is InChI=1S/C14H17N3/c15-13(11-4-2-1-3-5-11)9-17-10-16-8-14(17)12-6-7-12/h1-5,8,10,12-13H,6-7,9,15H2. The predicted octanol–water partition coefficient (Wildman–Crippen LogP) is 2.46. The molecule has 3 nitrogen and oxygen atoms in total. The van der Waals surface area contributed by atoms with Gasteiger partial charge in [0.25, 0.3) is 0 Å². The highest BCUT2D eigenvalue weighted by Gasteiger charge is 2.27. The zero-order valence-electron chi connectivity index (χ0n) is 9.79. The van der Waals surface area contributed by atoms with Crippen molar-refractivity contribution in [3.63, 3.8) is 0 Å². The van der Waals surface area contributed by atoms with Crippen LogP contribution in [0.2, 0.25) is 0 Å². The van der Waals surface area contributed by atoms with Crippen LogP contribution in [-0.2, 0) is 6.54 Å². The summed E-state index contributed by atoms with van der Waals surface area (Å²) in [6, 6.07) is 10.3. The number of benzene rings is 1. The molecule has 1 atom stereocenters. The molecule has 0 amide bonds. The molecule has 2 aromatic rings. The summed E-state index contributed by atoms with van der Waals surface area (Å²) in [6.45, 7) is 0.815. The summed E-state index contributed by atoms with van der Waals surface area (Å²) in [5.41, 5.74) is 8.75. The Kier molecular flexibility index (Phi) is 2.69. The molecule has 17 heavy (non-hydrogen) atoms. The molecule has 1 saturated carbocycles. The van der Waals surface area contributed by atoms with Crippen LogP contribution in [0.1, 0.15) is 36.1 Å². The van der Waals surface area contributed by atoms with Gasteiger partial charge in [0.2, 0.25) is 0 Å². The van der Waals surface area contributed by atoms with Crippen LogP contribution in [0, 0.1) is 0 Å². The molecule has 0 saturated heterocycles. The number of nitrogens with zero attached hydrogens (tertiary/aromatic N) is 2. The smallest absolute Gasteiger partial charge is 0.0948 e. The minimum absolute atomic E-state index is 0.0444. The lowest BCUT2D eigenvalue weighted by Gasteiger charge is -2.14. The normalized spacial score (nSPS) is 17.0. The molecule has 1 fully saturated rings. The Morgan fingerprint density at radius 1 is 1.29 bits per heavy atom. The molecule has 1 aliphatic rings. The molecule has 2 N–H and O–H groups in total. The highest BCUT2D eigenvalue weighted by molar-refractivity contribution is 5.19. The van der Waals surface area contributed by atoms with Gasteiger partial charge in [-0.2, -0.15) is 0 Å². The average molecular weight is 227 g/mol. The first-order chi connectivity index (χ1) is 8.34. The summed E-state index contributed by atoms with van der Waals surface area (Å²) in [7, 11) is 0. The van der Waals surface area contributed by atoms with Crippen LogP contribution < -0.4 is 5.73 Å². The van der Waals surface area contributed by atoms with E-state index in [4.69, 9.17) is 5.73 Å². The Labute approximate surface area is 101 Å². The van der Waals surface area contributed by atoms with Crippen molar-refractivity contribution in [3.05, 3.63) is 54.1 Å². The molecule has 1 aliphatic carbocycles. The minimum Gasteiger partial charge on any atom is -0.332 e. The van der Waals surface area contributed by atoms with Gasteiger partial charge in [-0.25, -0.2) is 4.98 Å². The second-order valence-corrected chi connectivity index (χ2v) is 4.76. The van der Waals surface area contributed by atoms with E-state index in [2.05, 4.69) is 21.7 Å². The van der Waals surface area contributed by atoms with Gasteiger partial charge in [-0.15, -0.1) is 0 Å². The molecule has 3 heteroatoms. The Morgan fingerprint density at radius 2 is 2.06 bits per heavy atom. The Hall–Kier alpha value is -1.61. The highest BCUT2D eigenvalue weighted by Crippen LogP contribution is 2.40. The van der Waals surface area contributed by atoms with Gasteiger partial charge in [0.15, 0.2) is 0 Å². The van der Waals surface area contributed by atoms with Gasteiger partial charge in [0.1, 0.15) is 0 Å². The van der Waals surface area contributed by atoms with Crippen LogP contribution >= 0.6 is 0 Å². The molecule has 3 rings (SSSR count). The van der Waals surface area contributed by atoms with E-state index in [0.29, 0.717) is 0 Å². The molecule has 1 aromatic heterocycles. The van der Waals surface area contributed by atoms with E-state index in [-0.39, 0.29) is 6.04 Å². The van der Waals surface area contributed by atoms with Crippen LogP contribution in [0.4, 0.5) is 0 Å². The van der Waals surface area contributed by atoms with Crippen molar-refractivity contribution in [3.8, 4) is 0 Å². The van der Waals surface area contributed by atoms with Crippen LogP contribution in [0.15, 0.2) is 42.9 Å². The first kappa shape index (κ1) is 10.5. The van der Waals surface area contributed by atoms with Gasteiger partial charge in [-0.05, 0) is 18.4 Å². The Morgan fingerprint density at radius 3 is 2.76 bits per heavy atom. The molecule has 1 unspecified atom stereocenters. The van der Waals surface area contributed by atoms with Gasteiger partial charge in [-0.1, -0.05) is 30.3 Å². The molecular weight excluding hydrogens is 210 g/mol. The van der Waals surface area contributed by atoms with E-state index in [9.17, 15) is 0 Å². The second-order valence-electron chi connectivity index (χ2n) is 4.76. The fourth-order valence-electron chi connectivity index (χ4n) is 2.22. The summed E-state index contributed by atoms with van der Waals surface area (Å²) in [5, 5.41) is 0. The lowest BCUT2D eigenvalue weighted by atomic mass is 10.1. The van der Waals surface area contributed by atoms with Gasteiger partial charge in [-0.3, -0.25) is 0 Å². The third-order valence-corrected chi connectivity index (χ3v) is 3.36. The molecule has 0 bridgehead atoms. The summed E-state index contributed by atoms with van der Waals surface area (Å²) >= 11 is 0. The second kappa shape index (κ2) is 4.34. The summed E-state index contributed by atoms with van der Waals surface area (Å²) in [6.07, 6.45) is 6.48. The lowest BCUT2D eigenvalue weighted by Crippen LogP contribution is -2.18. The first-order valence-corrected chi connectivity index (χ1v) is 6.15. The molecular formula is C14H17N3. The summed E-state index contributed by atoms with van der Waals surface area (Å²) < 4.78 is 2.20. The lowest BCUT2D eigenvalue weighted by molar-refractivity contribution is 0.559. The number of hydrogen-bond donors (Lipinski definition) is 1. The van der Waals surface area contributed by atoms with Crippen LogP contribution in [0.5, 0.6) is 0 Å². The van der Waals surface area contributed by atoms with E-state index in [1.807, 2.05) is 30.7 Å². The van der Waals surface area contributed by atoms with Gasteiger partial charge >= 0.3 is 0 Å². The molecule has 0 aliphatic heterocycles. The molecule has 0 spiro atoms. The van der Waals surface area contributed by atoms with Crippen molar-refractivity contribution in [2.24, 2.45) is 5.73 Å². The highest BCUT2D eigenvalue weighted by atomic mass is 15.1. The van der Waals surface area contributed by atoms with Crippen molar-refractivity contribution < 1.29 is 0 Å². The van der Waals surface area contributed by atoms with Crippen molar-refractivity contribution in [1.29, 1.82) is 0 Å². The van der Waals surface area contributed by atoms with Crippen molar-refractivity contribution in [1.82, 2.24) is 9.55 Å². The SMILES string of the molecule is NC(Cn1cncc1C1CC1)c1ccccc1. The van der Waals surface area contributed by atoms with E-state index < -0.39 is 0 Å². The van der Waals surface area contributed by atoms with Crippen molar-refractivity contribution in [2.45, 2.75) is 31.3 Å². The number of nitrogens with two attached hydrogens (primary N) is 1. The van der Waals surface area contributed by atoms with Crippen molar-refractivity contribution in [2.75, 3.05) is 0 Å². The summed E-state index contributed by atoms with van der Waals surface area (Å²) in [4.78, 5) is 4.24. The van der Waals surface area contributed by atoms with Crippen LogP contribution in [0.3, 0.4) is 0 Å². The zero-order valence-corrected chi connectivity index (χ0v) is 9.79. The maximum Gasteiger partial charge on any atom is 0.0948 e. The number of hydrogen-bond acceptors (Lipinski definition) is 2. The third kappa shape index (κ3) is 2.24. The molecule has 0 radical (unpaired) electrons. The fourth-order valence-corrected chi connectivity index (χ4v) is 2.22. The van der Waals surface area contributed by atoms with E-state index in [1.54, 1.807) is 0 Å². The molecule has 88 valence electrons. The Bertz CT molecular complexity index is 485. The predicted molar refractivity (Wildman–Crippen MR) is 67.6 cm³/mol.